The number of hydrogen-bond donors (Lipinski definition) is 0. The summed E-state index contributed by atoms with van der Waals surface area (Å²) in [5.74, 6) is -0.990. The highest BCUT2D eigenvalue weighted by atomic mass is 16.6. The predicted octanol–water partition coefficient (Wildman–Crippen LogP) is 19.3. The lowest BCUT2D eigenvalue weighted by Crippen LogP contribution is -2.30. The molecule has 6 heteroatoms. The summed E-state index contributed by atoms with van der Waals surface area (Å²) in [6, 6.07) is 0. The number of carbonyl (C=O) groups is 3. The number of unbranched alkanes of at least 4 members (excludes halogenated alkanes) is 24. The second-order valence-corrected chi connectivity index (χ2v) is 18.8. The molecule has 0 aromatic heterocycles. The molecule has 0 heterocycles. The summed E-state index contributed by atoms with van der Waals surface area (Å²) in [7, 11) is 0. The van der Waals surface area contributed by atoms with E-state index in [-0.39, 0.29) is 37.5 Å². The largest absolute Gasteiger partial charge is 0.462 e. The minimum Gasteiger partial charge on any atom is -0.462 e. The number of esters is 3. The Morgan fingerprint density at radius 1 is 0.290 bits per heavy atom. The Balaban J connectivity index is 4.52. The Morgan fingerprint density at radius 2 is 0.536 bits per heavy atom. The number of carbonyl (C=O) groups excluding carboxylic acids is 3. The van der Waals surface area contributed by atoms with Crippen LogP contribution in [0.4, 0.5) is 0 Å². The molecule has 0 spiro atoms. The minimum absolute atomic E-state index is 0.109. The van der Waals surface area contributed by atoms with Crippen molar-refractivity contribution in [1.82, 2.24) is 0 Å². The topological polar surface area (TPSA) is 78.9 Å². The molecule has 0 aromatic carbocycles. The first-order valence-corrected chi connectivity index (χ1v) is 28.7. The van der Waals surface area contributed by atoms with Crippen LogP contribution in [-0.2, 0) is 28.6 Å². The molecule has 1 atom stereocenters. The third kappa shape index (κ3) is 55.1. The van der Waals surface area contributed by atoms with Gasteiger partial charge in [0.15, 0.2) is 6.10 Å². The number of hydrogen-bond acceptors (Lipinski definition) is 6. The summed E-state index contributed by atoms with van der Waals surface area (Å²) in [5, 5.41) is 0. The van der Waals surface area contributed by atoms with Gasteiger partial charge >= 0.3 is 17.9 Å². The molecule has 0 aromatic rings. The Kier molecular flexibility index (Phi) is 53.9. The van der Waals surface area contributed by atoms with E-state index in [4.69, 9.17) is 14.2 Å². The lowest BCUT2D eigenvalue weighted by atomic mass is 10.1. The zero-order chi connectivity index (χ0) is 50.0. The summed E-state index contributed by atoms with van der Waals surface area (Å²) in [5.41, 5.74) is 0. The molecule has 6 nitrogen and oxygen atoms in total. The van der Waals surface area contributed by atoms with Crippen molar-refractivity contribution >= 4 is 17.9 Å². The van der Waals surface area contributed by atoms with Gasteiger partial charge in [0.1, 0.15) is 13.2 Å². The van der Waals surface area contributed by atoms with Gasteiger partial charge in [-0.2, -0.15) is 0 Å². The molecule has 0 saturated carbocycles. The average Bonchev–Trinajstić information content (AvgIpc) is 3.35. The van der Waals surface area contributed by atoms with Crippen molar-refractivity contribution in [3.05, 3.63) is 97.2 Å². The van der Waals surface area contributed by atoms with Crippen LogP contribution in [0, 0.1) is 0 Å². The van der Waals surface area contributed by atoms with Crippen molar-refractivity contribution in [2.45, 2.75) is 271 Å². The van der Waals surface area contributed by atoms with Crippen LogP contribution >= 0.6 is 0 Å². The van der Waals surface area contributed by atoms with Crippen LogP contribution in [0.2, 0.25) is 0 Å². The van der Waals surface area contributed by atoms with Gasteiger partial charge in [-0.05, 0) is 122 Å². The number of ether oxygens (including phenoxy) is 3. The fourth-order valence-corrected chi connectivity index (χ4v) is 7.67. The third-order valence-corrected chi connectivity index (χ3v) is 12.0. The molecule has 69 heavy (non-hydrogen) atoms. The van der Waals surface area contributed by atoms with E-state index in [1.54, 1.807) is 0 Å². The van der Waals surface area contributed by atoms with Gasteiger partial charge in [0.2, 0.25) is 0 Å². The van der Waals surface area contributed by atoms with Gasteiger partial charge in [0.05, 0.1) is 0 Å². The van der Waals surface area contributed by atoms with Gasteiger partial charge in [0, 0.05) is 19.3 Å². The van der Waals surface area contributed by atoms with Crippen molar-refractivity contribution in [3.8, 4) is 0 Å². The molecule has 0 amide bonds. The summed E-state index contributed by atoms with van der Waals surface area (Å²) in [6.45, 7) is 6.52. The molecular weight excluding hydrogens is 853 g/mol. The molecule has 0 radical (unpaired) electrons. The molecule has 0 N–H and O–H groups in total. The van der Waals surface area contributed by atoms with E-state index < -0.39 is 6.10 Å². The first kappa shape index (κ1) is 65.3. The van der Waals surface area contributed by atoms with Crippen molar-refractivity contribution < 1.29 is 28.6 Å². The average molecular weight is 960 g/mol. The van der Waals surface area contributed by atoms with Gasteiger partial charge in [-0.15, -0.1) is 0 Å². The molecule has 0 bridgehead atoms. The van der Waals surface area contributed by atoms with Crippen molar-refractivity contribution in [1.29, 1.82) is 0 Å². The predicted molar refractivity (Wildman–Crippen MR) is 297 cm³/mol. The van der Waals surface area contributed by atoms with Gasteiger partial charge < -0.3 is 14.2 Å². The molecule has 0 fully saturated rings. The smallest absolute Gasteiger partial charge is 0.306 e. The summed E-state index contributed by atoms with van der Waals surface area (Å²) in [4.78, 5) is 38.1. The maximum atomic E-state index is 12.8. The highest BCUT2D eigenvalue weighted by molar-refractivity contribution is 5.71. The number of allylic oxidation sites excluding steroid dienone is 16. The number of rotatable bonds is 51. The van der Waals surface area contributed by atoms with Crippen LogP contribution in [0.15, 0.2) is 97.2 Å². The van der Waals surface area contributed by atoms with Crippen LogP contribution in [-0.4, -0.2) is 37.2 Å². The zero-order valence-electron chi connectivity index (χ0n) is 45.0. The third-order valence-electron chi connectivity index (χ3n) is 12.0. The van der Waals surface area contributed by atoms with Crippen LogP contribution in [0.3, 0.4) is 0 Å². The molecule has 394 valence electrons. The molecular formula is C63H106O6. The van der Waals surface area contributed by atoms with E-state index in [2.05, 4.69) is 118 Å². The monoisotopic (exact) mass is 959 g/mol. The molecule has 0 aliphatic heterocycles. The summed E-state index contributed by atoms with van der Waals surface area (Å²) in [6.07, 6.45) is 75.4. The summed E-state index contributed by atoms with van der Waals surface area (Å²) < 4.78 is 16.8. The van der Waals surface area contributed by atoms with E-state index in [1.807, 2.05) is 0 Å². The van der Waals surface area contributed by atoms with Crippen LogP contribution in [0.25, 0.3) is 0 Å². The van der Waals surface area contributed by atoms with E-state index in [9.17, 15) is 14.4 Å². The maximum absolute atomic E-state index is 12.8. The van der Waals surface area contributed by atoms with Crippen molar-refractivity contribution in [3.63, 3.8) is 0 Å². The maximum Gasteiger partial charge on any atom is 0.306 e. The van der Waals surface area contributed by atoms with E-state index in [0.29, 0.717) is 19.3 Å². The van der Waals surface area contributed by atoms with E-state index >= 15 is 0 Å². The fraction of sp³-hybridized carbons (Fsp3) is 0.698. The van der Waals surface area contributed by atoms with Gasteiger partial charge in [-0.3, -0.25) is 14.4 Å². The first-order valence-electron chi connectivity index (χ1n) is 28.7. The standard InChI is InChI=1S/C63H106O6/c1-4-7-10-13-16-19-22-25-28-31-34-37-40-43-46-49-52-55-61(64)67-58-60(69-63(66)57-54-51-48-45-42-39-36-33-30-27-24-21-18-15-12-9-6-3)59-68-62(65)56-53-50-47-44-41-38-35-32-29-26-23-20-17-14-11-8-5-2/h16,18-19,21,25-30,34,36-37,39,45,48,60H,4-15,17,20,22-24,31-33,35,38,40-44,46-47,49-59H2,1-3H3/b19-16-,21-18-,28-25-,29-26-,30-27-,37-34-,39-36-,48-45-/t60-/m1/s1. The van der Waals surface area contributed by atoms with Gasteiger partial charge in [-0.1, -0.05) is 221 Å². The summed E-state index contributed by atoms with van der Waals surface area (Å²) >= 11 is 0. The van der Waals surface area contributed by atoms with E-state index in [1.165, 1.54) is 128 Å². The Bertz CT molecular complexity index is 1380. The Morgan fingerprint density at radius 3 is 0.899 bits per heavy atom. The zero-order valence-corrected chi connectivity index (χ0v) is 45.0. The van der Waals surface area contributed by atoms with Gasteiger partial charge in [-0.25, -0.2) is 0 Å². The SMILES string of the molecule is CCCCC/C=C\C/C=C\C/C=C\C/C=C\CCCC(=O)O[C@H](COC(=O)CCCCCC/C=C\C/C=C\C/C=C\CCCCC)COC(=O)CCCCCCCCC/C=C\CCCCCCCC. The van der Waals surface area contributed by atoms with Crippen molar-refractivity contribution in [2.24, 2.45) is 0 Å². The second-order valence-electron chi connectivity index (χ2n) is 18.8. The van der Waals surface area contributed by atoms with Crippen molar-refractivity contribution in [2.75, 3.05) is 13.2 Å². The highest BCUT2D eigenvalue weighted by Crippen LogP contribution is 2.14. The normalized spacial score (nSPS) is 12.8. The second kappa shape index (κ2) is 56.9. The molecule has 0 unspecified atom stereocenters. The molecule has 0 saturated heterocycles. The van der Waals surface area contributed by atoms with Crippen LogP contribution in [0.5, 0.6) is 0 Å². The Labute approximate surface area is 426 Å². The minimum atomic E-state index is -0.819. The first-order chi connectivity index (χ1) is 34.0. The van der Waals surface area contributed by atoms with Crippen LogP contribution < -0.4 is 0 Å². The Hall–Kier alpha value is -3.67. The molecule has 0 rings (SSSR count). The molecule has 0 aliphatic rings. The van der Waals surface area contributed by atoms with Crippen LogP contribution in [0.1, 0.15) is 265 Å². The van der Waals surface area contributed by atoms with Gasteiger partial charge in [0.25, 0.3) is 0 Å². The van der Waals surface area contributed by atoms with E-state index in [0.717, 1.165) is 89.9 Å². The quantitative estimate of drug-likeness (QED) is 0.0262. The fourth-order valence-electron chi connectivity index (χ4n) is 7.67. The highest BCUT2D eigenvalue weighted by Gasteiger charge is 2.19. The molecule has 0 aliphatic carbocycles. The lowest BCUT2D eigenvalue weighted by Gasteiger charge is -2.18. The lowest BCUT2D eigenvalue weighted by molar-refractivity contribution is -0.167.